The van der Waals surface area contributed by atoms with Crippen molar-refractivity contribution in [3.05, 3.63) is 138 Å². The van der Waals surface area contributed by atoms with E-state index in [1.54, 1.807) is 0 Å². The van der Waals surface area contributed by atoms with E-state index in [-0.39, 0.29) is 12.8 Å². The largest absolute Gasteiger partial charge is 0.481 e. The second-order valence-corrected chi connectivity index (χ2v) is 14.1. The number of rotatable bonds is 8. The van der Waals surface area contributed by atoms with E-state index in [1.165, 1.54) is 33.4 Å². The van der Waals surface area contributed by atoms with Crippen molar-refractivity contribution in [1.82, 2.24) is 10.6 Å². The minimum atomic E-state index is -1.17. The number of aliphatic carboxylic acids is 2. The average molecular weight is 760 g/mol. The van der Waals surface area contributed by atoms with Gasteiger partial charge in [-0.2, -0.15) is 0 Å². The van der Waals surface area contributed by atoms with E-state index in [2.05, 4.69) is 71.3 Å². The highest BCUT2D eigenvalue weighted by atomic mass is 35.5. The maximum atomic E-state index is 9.99. The van der Waals surface area contributed by atoms with E-state index < -0.39 is 18.0 Å². The molecular weight excluding hydrogens is 716 g/mol. The molecule has 1 unspecified atom stereocenters. The number of nitrogens with two attached hydrogens (primary N) is 1. The van der Waals surface area contributed by atoms with Gasteiger partial charge in [0, 0.05) is 30.3 Å². The van der Waals surface area contributed by atoms with Crippen molar-refractivity contribution in [2.24, 2.45) is 5.73 Å². The van der Waals surface area contributed by atoms with Crippen molar-refractivity contribution in [2.75, 3.05) is 14.1 Å². The Morgan fingerprint density at radius 1 is 0.660 bits per heavy atom. The van der Waals surface area contributed by atoms with E-state index >= 15 is 0 Å². The number of halogens is 4. The summed E-state index contributed by atoms with van der Waals surface area (Å²) < 4.78 is 0. The van der Waals surface area contributed by atoms with Gasteiger partial charge in [-0.25, -0.2) is 0 Å². The molecular formula is C39H43Cl4N3O4. The predicted molar refractivity (Wildman–Crippen MR) is 204 cm³/mol. The molecule has 0 spiro atoms. The van der Waals surface area contributed by atoms with Crippen LogP contribution in [0.2, 0.25) is 20.1 Å². The van der Waals surface area contributed by atoms with Crippen LogP contribution < -0.4 is 16.4 Å². The number of hydrogen-bond acceptors (Lipinski definition) is 5. The number of carbonyl (C=O) groups is 2. The fraction of sp³-hybridized carbons (Fsp3) is 0.333. The van der Waals surface area contributed by atoms with Crippen LogP contribution in [-0.4, -0.2) is 42.3 Å². The highest BCUT2D eigenvalue weighted by Crippen LogP contribution is 2.43. The standard InChI is InChI=1S/2C17H17Cl2N.C5H9NO4/c2*1-20-17-9-7-12(13-4-2-3-5-14(13)17)11-6-8-15(18)16(19)10-11;6-3(5(9)10)1-2-4(7)8/h2*2-6,8,10,12,17,20H,7,9H2,1H3;3H,1-2,6H2,(H,7,8)(H,9,10)/t2*12-,17-;/m00./s1. The Bertz CT molecular complexity index is 1660. The summed E-state index contributed by atoms with van der Waals surface area (Å²) in [7, 11) is 4.06. The van der Waals surface area contributed by atoms with Gasteiger partial charge in [0.05, 0.1) is 20.1 Å². The van der Waals surface area contributed by atoms with Crippen LogP contribution in [0.4, 0.5) is 0 Å². The van der Waals surface area contributed by atoms with Gasteiger partial charge in [0.1, 0.15) is 6.04 Å². The van der Waals surface area contributed by atoms with Gasteiger partial charge in [0.25, 0.3) is 0 Å². The first-order valence-electron chi connectivity index (χ1n) is 16.6. The third-order valence-electron chi connectivity index (χ3n) is 9.36. The second kappa shape index (κ2) is 18.9. The Morgan fingerprint density at radius 2 is 1.06 bits per heavy atom. The monoisotopic (exact) mass is 757 g/mol. The summed E-state index contributed by atoms with van der Waals surface area (Å²) in [6.45, 7) is 0. The Labute approximate surface area is 314 Å². The normalized spacial score (nSPS) is 19.7. The number of nitrogens with one attached hydrogen (secondary N) is 2. The number of hydrogen-bond donors (Lipinski definition) is 5. The minimum absolute atomic E-state index is 0.0231. The molecule has 0 heterocycles. The molecule has 6 rings (SSSR count). The zero-order valence-electron chi connectivity index (χ0n) is 28.0. The Balaban J connectivity index is 0.000000179. The molecule has 0 saturated carbocycles. The van der Waals surface area contributed by atoms with Crippen LogP contribution in [-0.2, 0) is 9.59 Å². The molecule has 0 saturated heterocycles. The lowest BCUT2D eigenvalue weighted by Crippen LogP contribution is -2.30. The Morgan fingerprint density at radius 3 is 1.40 bits per heavy atom. The summed E-state index contributed by atoms with van der Waals surface area (Å²) >= 11 is 24.4. The summed E-state index contributed by atoms with van der Waals surface area (Å²) in [5.74, 6) is -1.38. The van der Waals surface area contributed by atoms with Crippen LogP contribution in [0.1, 0.15) is 95.8 Å². The molecule has 0 fully saturated rings. The number of carboxylic acid groups (broad SMARTS) is 2. The van der Waals surface area contributed by atoms with Crippen molar-refractivity contribution in [2.45, 2.75) is 68.5 Å². The van der Waals surface area contributed by atoms with Crippen molar-refractivity contribution in [3.63, 3.8) is 0 Å². The lowest BCUT2D eigenvalue weighted by atomic mass is 9.77. The molecule has 4 aromatic rings. The first kappa shape index (κ1) is 39.6. The van der Waals surface area contributed by atoms with Crippen LogP contribution in [0.15, 0.2) is 84.9 Å². The van der Waals surface area contributed by atoms with Gasteiger partial charge in [-0.1, -0.05) is 107 Å². The molecule has 0 amide bonds. The fourth-order valence-electron chi connectivity index (χ4n) is 6.73. The van der Waals surface area contributed by atoms with Crippen LogP contribution >= 0.6 is 46.4 Å². The first-order chi connectivity index (χ1) is 23.9. The highest BCUT2D eigenvalue weighted by molar-refractivity contribution is 6.42. The van der Waals surface area contributed by atoms with Gasteiger partial charge in [-0.05, 0) is 104 Å². The van der Waals surface area contributed by atoms with Crippen molar-refractivity contribution in [1.29, 1.82) is 0 Å². The third-order valence-corrected chi connectivity index (χ3v) is 10.8. The van der Waals surface area contributed by atoms with Crippen LogP contribution in [0, 0.1) is 0 Å². The third kappa shape index (κ3) is 10.2. The lowest BCUT2D eigenvalue weighted by Gasteiger charge is -2.32. The molecule has 0 aliphatic heterocycles. The van der Waals surface area contributed by atoms with Gasteiger partial charge < -0.3 is 26.6 Å². The Hall–Kier alpha value is -3.14. The van der Waals surface area contributed by atoms with E-state index in [4.69, 9.17) is 62.4 Å². The van der Waals surface area contributed by atoms with Crippen molar-refractivity contribution >= 4 is 58.3 Å². The van der Waals surface area contributed by atoms with Gasteiger partial charge in [0.2, 0.25) is 0 Å². The molecule has 0 bridgehead atoms. The molecule has 7 nitrogen and oxygen atoms in total. The van der Waals surface area contributed by atoms with Gasteiger partial charge in [0.15, 0.2) is 0 Å². The molecule has 4 aromatic carbocycles. The molecule has 0 radical (unpaired) electrons. The molecule has 50 heavy (non-hydrogen) atoms. The lowest BCUT2D eigenvalue weighted by molar-refractivity contribution is -0.139. The van der Waals surface area contributed by atoms with Crippen LogP contribution in [0.25, 0.3) is 0 Å². The molecule has 6 N–H and O–H groups in total. The molecule has 11 heteroatoms. The zero-order chi connectivity index (χ0) is 36.4. The predicted octanol–water partition coefficient (Wildman–Crippen LogP) is 9.62. The topological polar surface area (TPSA) is 125 Å². The van der Waals surface area contributed by atoms with Crippen molar-refractivity contribution < 1.29 is 19.8 Å². The quantitative estimate of drug-likeness (QED) is 0.121. The summed E-state index contributed by atoms with van der Waals surface area (Å²) in [6.07, 6.45) is 4.30. The maximum absolute atomic E-state index is 9.99. The summed E-state index contributed by atoms with van der Waals surface area (Å²) in [5, 5.41) is 25.6. The second-order valence-electron chi connectivity index (χ2n) is 12.4. The molecule has 2 aliphatic rings. The summed E-state index contributed by atoms with van der Waals surface area (Å²) in [4.78, 5) is 19.9. The average Bonchev–Trinajstić information content (AvgIpc) is 3.12. The molecule has 2 aliphatic carbocycles. The molecule has 0 aromatic heterocycles. The van der Waals surface area contributed by atoms with E-state index in [9.17, 15) is 9.59 Å². The SMILES string of the molecule is CN[C@H]1CC[C@@H](c2ccc(Cl)c(Cl)c2)c2ccccc21.CN[C@H]1CC[C@@H](c2ccc(Cl)c(Cl)c2)c2ccccc21.NC(CCC(=O)O)C(=O)O. The fourth-order valence-corrected chi connectivity index (χ4v) is 7.35. The van der Waals surface area contributed by atoms with Gasteiger partial charge >= 0.3 is 11.9 Å². The number of carboxylic acids is 2. The van der Waals surface area contributed by atoms with E-state index in [1.807, 2.05) is 38.4 Å². The maximum Gasteiger partial charge on any atom is 0.320 e. The first-order valence-corrected chi connectivity index (χ1v) is 18.1. The molecule has 266 valence electrons. The van der Waals surface area contributed by atoms with Gasteiger partial charge in [-0.3, -0.25) is 9.59 Å². The highest BCUT2D eigenvalue weighted by Gasteiger charge is 2.28. The van der Waals surface area contributed by atoms with Crippen LogP contribution in [0.3, 0.4) is 0 Å². The number of benzene rings is 4. The summed E-state index contributed by atoms with van der Waals surface area (Å²) in [5.41, 5.74) is 13.1. The smallest absolute Gasteiger partial charge is 0.320 e. The van der Waals surface area contributed by atoms with E-state index in [0.29, 0.717) is 44.0 Å². The van der Waals surface area contributed by atoms with Gasteiger partial charge in [-0.15, -0.1) is 0 Å². The molecule has 5 atom stereocenters. The minimum Gasteiger partial charge on any atom is -0.481 e. The zero-order valence-corrected chi connectivity index (χ0v) is 31.0. The van der Waals surface area contributed by atoms with E-state index in [0.717, 1.165) is 25.7 Å². The number of fused-ring (bicyclic) bond motifs is 2. The van der Waals surface area contributed by atoms with Crippen LogP contribution in [0.5, 0.6) is 0 Å². The summed E-state index contributed by atoms with van der Waals surface area (Å²) in [6, 6.07) is 29.2. The Kier molecular flexibility index (Phi) is 15.0. The van der Waals surface area contributed by atoms with Crippen molar-refractivity contribution in [3.8, 4) is 0 Å².